The van der Waals surface area contributed by atoms with Crippen molar-refractivity contribution < 1.29 is 0 Å². The van der Waals surface area contributed by atoms with Gasteiger partial charge in [-0.05, 0) is 66.2 Å². The Labute approximate surface area is 115 Å². The maximum atomic E-state index is 2.36. The number of hydrogen-bond acceptors (Lipinski definition) is 0. The summed E-state index contributed by atoms with van der Waals surface area (Å²) in [5.41, 5.74) is 6.45. The molecule has 0 aromatic heterocycles. The number of hydrogen-bond donors (Lipinski definition) is 0. The first-order chi connectivity index (χ1) is 9.42. The monoisotopic (exact) mass is 248 g/mol. The first-order valence-electron chi connectivity index (χ1n) is 7.57. The zero-order valence-corrected chi connectivity index (χ0v) is 11.3. The van der Waals surface area contributed by atoms with E-state index in [1.165, 1.54) is 32.1 Å². The van der Waals surface area contributed by atoms with E-state index >= 15 is 0 Å². The number of fused-ring (bicyclic) bond motifs is 2. The van der Waals surface area contributed by atoms with Crippen molar-refractivity contribution in [3.63, 3.8) is 0 Å². The third kappa shape index (κ3) is 1.90. The third-order valence-electron chi connectivity index (χ3n) is 5.08. The van der Waals surface area contributed by atoms with E-state index in [2.05, 4.69) is 48.5 Å². The molecule has 0 bridgehead atoms. The minimum Gasteiger partial charge on any atom is -0.0620 e. The van der Waals surface area contributed by atoms with Crippen LogP contribution in [0.25, 0.3) is 0 Å². The lowest BCUT2D eigenvalue weighted by molar-refractivity contribution is 0.525. The molecule has 0 aliphatic heterocycles. The second-order valence-corrected chi connectivity index (χ2v) is 6.10. The van der Waals surface area contributed by atoms with Gasteiger partial charge in [0.15, 0.2) is 0 Å². The second-order valence-electron chi connectivity index (χ2n) is 6.10. The van der Waals surface area contributed by atoms with Crippen LogP contribution in [0.4, 0.5) is 0 Å². The Balaban J connectivity index is 1.58. The molecule has 0 heteroatoms. The molecule has 19 heavy (non-hydrogen) atoms. The maximum absolute atomic E-state index is 2.36. The van der Waals surface area contributed by atoms with Crippen molar-refractivity contribution in [3.05, 3.63) is 70.8 Å². The molecule has 0 radical (unpaired) electrons. The molecule has 4 rings (SSSR count). The Morgan fingerprint density at radius 2 is 1.16 bits per heavy atom. The highest BCUT2D eigenvalue weighted by atomic mass is 14.3. The zero-order chi connectivity index (χ0) is 12.7. The van der Waals surface area contributed by atoms with E-state index in [1.54, 1.807) is 22.3 Å². The largest absolute Gasteiger partial charge is 0.0620 e. The fourth-order valence-corrected chi connectivity index (χ4v) is 4.12. The van der Waals surface area contributed by atoms with Crippen LogP contribution in [0.15, 0.2) is 48.5 Å². The van der Waals surface area contributed by atoms with Crippen LogP contribution in [0.5, 0.6) is 0 Å². The van der Waals surface area contributed by atoms with Gasteiger partial charge in [-0.15, -0.1) is 0 Å². The smallest absolute Gasteiger partial charge is 0.0150 e. The van der Waals surface area contributed by atoms with Crippen molar-refractivity contribution >= 4 is 0 Å². The highest BCUT2D eigenvalue weighted by molar-refractivity contribution is 5.38. The van der Waals surface area contributed by atoms with Crippen LogP contribution in [0.1, 0.15) is 53.4 Å². The van der Waals surface area contributed by atoms with Gasteiger partial charge < -0.3 is 0 Å². The molecule has 2 unspecified atom stereocenters. The van der Waals surface area contributed by atoms with E-state index in [4.69, 9.17) is 0 Å². The average Bonchev–Trinajstić information content (AvgIpc) is 3.05. The lowest BCUT2D eigenvalue weighted by Gasteiger charge is -2.18. The summed E-state index contributed by atoms with van der Waals surface area (Å²) in [6.07, 6.45) is 6.65. The van der Waals surface area contributed by atoms with Crippen LogP contribution in [0.3, 0.4) is 0 Å². The van der Waals surface area contributed by atoms with Gasteiger partial charge in [0.2, 0.25) is 0 Å². The van der Waals surface area contributed by atoms with Crippen LogP contribution < -0.4 is 0 Å². The van der Waals surface area contributed by atoms with Crippen molar-refractivity contribution in [1.29, 1.82) is 0 Å². The molecule has 0 heterocycles. The molecule has 2 aliphatic rings. The molecule has 0 fully saturated rings. The summed E-state index contributed by atoms with van der Waals surface area (Å²) in [5.74, 6) is 1.60. The highest BCUT2D eigenvalue weighted by Gasteiger charge is 2.28. The quantitative estimate of drug-likeness (QED) is 0.713. The van der Waals surface area contributed by atoms with E-state index in [0.717, 1.165) is 11.8 Å². The SMILES string of the molecule is c1ccc2c(c1)CCC2CC1CCc2ccccc21. The third-order valence-corrected chi connectivity index (χ3v) is 5.08. The lowest BCUT2D eigenvalue weighted by Crippen LogP contribution is -2.01. The van der Waals surface area contributed by atoms with Crippen LogP contribution >= 0.6 is 0 Å². The van der Waals surface area contributed by atoms with E-state index in [1.807, 2.05) is 0 Å². The Kier molecular flexibility index (Phi) is 2.69. The van der Waals surface area contributed by atoms with Gasteiger partial charge in [-0.25, -0.2) is 0 Å². The standard InChI is InChI=1S/C19H20/c1-3-7-18-14(5-1)9-11-16(18)13-17-12-10-15-6-2-4-8-19(15)17/h1-8,16-17H,9-13H2. The van der Waals surface area contributed by atoms with Crippen molar-refractivity contribution in [1.82, 2.24) is 0 Å². The van der Waals surface area contributed by atoms with Crippen LogP contribution in [0, 0.1) is 0 Å². The molecule has 2 aliphatic carbocycles. The van der Waals surface area contributed by atoms with Gasteiger partial charge in [-0.3, -0.25) is 0 Å². The molecular weight excluding hydrogens is 228 g/mol. The molecule has 2 aromatic carbocycles. The van der Waals surface area contributed by atoms with Gasteiger partial charge in [0.1, 0.15) is 0 Å². The van der Waals surface area contributed by atoms with Gasteiger partial charge in [0.05, 0.1) is 0 Å². The summed E-state index contributed by atoms with van der Waals surface area (Å²) >= 11 is 0. The fraction of sp³-hybridized carbons (Fsp3) is 0.368. The summed E-state index contributed by atoms with van der Waals surface area (Å²) in [7, 11) is 0. The van der Waals surface area contributed by atoms with Gasteiger partial charge >= 0.3 is 0 Å². The van der Waals surface area contributed by atoms with Gasteiger partial charge in [0, 0.05) is 0 Å². The van der Waals surface area contributed by atoms with E-state index < -0.39 is 0 Å². The van der Waals surface area contributed by atoms with E-state index in [-0.39, 0.29) is 0 Å². The van der Waals surface area contributed by atoms with Crippen molar-refractivity contribution in [3.8, 4) is 0 Å². The van der Waals surface area contributed by atoms with Crippen LogP contribution in [-0.4, -0.2) is 0 Å². The fourth-order valence-electron chi connectivity index (χ4n) is 4.12. The van der Waals surface area contributed by atoms with Crippen molar-refractivity contribution in [2.24, 2.45) is 0 Å². The molecule has 0 saturated heterocycles. The predicted octanol–water partition coefficient (Wildman–Crippen LogP) is 4.84. The number of rotatable bonds is 2. The number of benzene rings is 2. The van der Waals surface area contributed by atoms with Crippen LogP contribution in [-0.2, 0) is 12.8 Å². The first kappa shape index (κ1) is 11.3. The molecule has 0 nitrogen and oxygen atoms in total. The van der Waals surface area contributed by atoms with Gasteiger partial charge in [0.25, 0.3) is 0 Å². The lowest BCUT2D eigenvalue weighted by atomic mass is 9.87. The van der Waals surface area contributed by atoms with Gasteiger partial charge in [-0.2, -0.15) is 0 Å². The van der Waals surface area contributed by atoms with E-state index in [9.17, 15) is 0 Å². The van der Waals surface area contributed by atoms with Crippen molar-refractivity contribution in [2.75, 3.05) is 0 Å². The first-order valence-corrected chi connectivity index (χ1v) is 7.57. The summed E-state index contributed by atoms with van der Waals surface area (Å²) in [4.78, 5) is 0. The normalized spacial score (nSPS) is 24.2. The Bertz CT molecular complexity index is 543. The average molecular weight is 248 g/mol. The van der Waals surface area contributed by atoms with Crippen LogP contribution in [0.2, 0.25) is 0 Å². The summed E-state index contributed by atoms with van der Waals surface area (Å²) in [5, 5.41) is 0. The summed E-state index contributed by atoms with van der Waals surface area (Å²) < 4.78 is 0. The molecule has 2 atom stereocenters. The summed E-state index contributed by atoms with van der Waals surface area (Å²) in [6, 6.07) is 18.1. The Morgan fingerprint density at radius 3 is 1.68 bits per heavy atom. The summed E-state index contributed by atoms with van der Waals surface area (Å²) in [6.45, 7) is 0. The number of aryl methyl sites for hydroxylation is 2. The van der Waals surface area contributed by atoms with Crippen molar-refractivity contribution in [2.45, 2.75) is 43.9 Å². The second kappa shape index (κ2) is 4.52. The topological polar surface area (TPSA) is 0 Å². The molecule has 0 spiro atoms. The highest BCUT2D eigenvalue weighted by Crippen LogP contribution is 2.44. The zero-order valence-electron chi connectivity index (χ0n) is 11.3. The molecule has 2 aromatic rings. The molecule has 0 saturated carbocycles. The van der Waals surface area contributed by atoms with E-state index in [0.29, 0.717) is 0 Å². The Morgan fingerprint density at radius 1 is 0.684 bits per heavy atom. The minimum absolute atomic E-state index is 0.798. The molecule has 0 N–H and O–H groups in total. The maximum Gasteiger partial charge on any atom is -0.0150 e. The molecule has 0 amide bonds. The van der Waals surface area contributed by atoms with Gasteiger partial charge in [-0.1, -0.05) is 48.5 Å². The predicted molar refractivity (Wildman–Crippen MR) is 79.6 cm³/mol. The molecular formula is C19H20. The molecule has 96 valence electrons. The minimum atomic E-state index is 0.798. The Hall–Kier alpha value is -1.56.